The van der Waals surface area contributed by atoms with E-state index in [0.29, 0.717) is 39.6 Å². The zero-order chi connectivity index (χ0) is 30.5. The van der Waals surface area contributed by atoms with Crippen LogP contribution in [0.5, 0.6) is 5.75 Å². The fourth-order valence-electron chi connectivity index (χ4n) is 5.33. The predicted molar refractivity (Wildman–Crippen MR) is 175 cm³/mol. The molecule has 6 nitrogen and oxygen atoms in total. The third-order valence-electron chi connectivity index (χ3n) is 7.52. The van der Waals surface area contributed by atoms with Gasteiger partial charge in [-0.25, -0.2) is 0 Å². The molecule has 0 aromatic heterocycles. The van der Waals surface area contributed by atoms with Gasteiger partial charge in [0.1, 0.15) is 24.1 Å². The van der Waals surface area contributed by atoms with Gasteiger partial charge in [-0.2, -0.15) is 0 Å². The van der Waals surface area contributed by atoms with Gasteiger partial charge in [0, 0.05) is 0 Å². The van der Waals surface area contributed by atoms with E-state index in [2.05, 4.69) is 43.3 Å². The Morgan fingerprint density at radius 1 is 0.636 bits per heavy atom. The molecule has 0 saturated carbocycles. The quantitative estimate of drug-likeness (QED) is 0.122. The molecule has 7 heteroatoms. The van der Waals surface area contributed by atoms with E-state index in [1.165, 1.54) is 0 Å². The lowest BCUT2D eigenvalue weighted by Crippen LogP contribution is -2.47. The fourth-order valence-corrected chi connectivity index (χ4v) is 6.54. The van der Waals surface area contributed by atoms with Gasteiger partial charge < -0.3 is 28.4 Å². The van der Waals surface area contributed by atoms with Crippen molar-refractivity contribution in [2.45, 2.75) is 56.6 Å². The summed E-state index contributed by atoms with van der Waals surface area (Å²) in [6.07, 6.45) is -1.16. The SMILES string of the molecule is CCS[C@]1(COCc2ccccc2)O[C@H](COCc2ccccc2)[C@@H](OCc2ccccc2)[C@@H]1OCc1ccc(OC)cc1. The second-order valence-corrected chi connectivity index (χ2v) is 12.3. The number of ether oxygens (including phenoxy) is 6. The molecule has 0 N–H and O–H groups in total. The monoisotopic (exact) mass is 614 g/mol. The minimum atomic E-state index is -0.794. The molecule has 1 heterocycles. The minimum Gasteiger partial charge on any atom is -0.497 e. The number of methoxy groups -OCH3 is 1. The van der Waals surface area contributed by atoms with E-state index in [1.807, 2.05) is 78.9 Å². The molecule has 4 aromatic carbocycles. The van der Waals surface area contributed by atoms with Crippen molar-refractivity contribution >= 4 is 11.8 Å². The largest absolute Gasteiger partial charge is 0.497 e. The van der Waals surface area contributed by atoms with E-state index in [4.69, 9.17) is 28.4 Å². The molecule has 0 amide bonds. The van der Waals surface area contributed by atoms with Gasteiger partial charge in [0.25, 0.3) is 0 Å². The van der Waals surface area contributed by atoms with E-state index in [9.17, 15) is 0 Å². The van der Waals surface area contributed by atoms with Crippen LogP contribution in [0.1, 0.15) is 29.2 Å². The first-order valence-electron chi connectivity index (χ1n) is 15.1. The maximum Gasteiger partial charge on any atom is 0.166 e. The summed E-state index contributed by atoms with van der Waals surface area (Å²) in [6, 6.07) is 38.5. The summed E-state index contributed by atoms with van der Waals surface area (Å²) in [7, 11) is 1.67. The van der Waals surface area contributed by atoms with Crippen molar-refractivity contribution in [1.29, 1.82) is 0 Å². The van der Waals surface area contributed by atoms with Crippen LogP contribution in [0.25, 0.3) is 0 Å². The molecule has 0 bridgehead atoms. The van der Waals surface area contributed by atoms with E-state index in [-0.39, 0.29) is 12.2 Å². The molecule has 0 radical (unpaired) electrons. The first kappa shape index (κ1) is 32.2. The molecule has 1 aliphatic heterocycles. The number of rotatable bonds is 17. The highest BCUT2D eigenvalue weighted by Crippen LogP contribution is 2.44. The molecule has 0 unspecified atom stereocenters. The van der Waals surface area contributed by atoms with Gasteiger partial charge in [0.2, 0.25) is 0 Å². The third-order valence-corrected chi connectivity index (χ3v) is 8.74. The summed E-state index contributed by atoms with van der Waals surface area (Å²) in [5.41, 5.74) is 4.35. The normalized spacial score (nSPS) is 21.4. The maximum absolute atomic E-state index is 6.95. The molecule has 232 valence electrons. The van der Waals surface area contributed by atoms with Crippen LogP contribution in [-0.4, -0.2) is 49.3 Å². The standard InChI is InChI=1S/C37H42O6S/c1-3-44-37(28-40-24-30-15-9-5-10-16-30)36(42-26-32-19-21-33(38-2)22-20-32)35(41-25-31-17-11-6-12-18-31)34(43-37)27-39-23-29-13-7-4-8-14-29/h4-22,34-36H,3,23-28H2,1-2H3/t34-,35-,36+,37+/m1/s1. The molecule has 44 heavy (non-hydrogen) atoms. The Kier molecular flexibility index (Phi) is 12.3. The summed E-state index contributed by atoms with van der Waals surface area (Å²) >= 11 is 1.70. The molecule has 4 aromatic rings. The lowest BCUT2D eigenvalue weighted by molar-refractivity contribution is -0.104. The van der Waals surface area contributed by atoms with Crippen LogP contribution in [0.4, 0.5) is 0 Å². The molecular formula is C37H42O6S. The Morgan fingerprint density at radius 3 is 1.73 bits per heavy atom. The summed E-state index contributed by atoms with van der Waals surface area (Å²) in [4.78, 5) is -0.794. The van der Waals surface area contributed by atoms with Crippen LogP contribution in [-0.2, 0) is 50.1 Å². The summed E-state index contributed by atoms with van der Waals surface area (Å²) in [6.45, 7) is 4.63. The van der Waals surface area contributed by atoms with Gasteiger partial charge in [-0.05, 0) is 40.1 Å². The van der Waals surface area contributed by atoms with Crippen molar-refractivity contribution in [1.82, 2.24) is 0 Å². The third kappa shape index (κ3) is 8.94. The Labute approximate surface area is 265 Å². The van der Waals surface area contributed by atoms with Crippen molar-refractivity contribution in [3.63, 3.8) is 0 Å². The van der Waals surface area contributed by atoms with Crippen LogP contribution in [0.2, 0.25) is 0 Å². The van der Waals surface area contributed by atoms with Crippen molar-refractivity contribution in [3.05, 3.63) is 138 Å². The van der Waals surface area contributed by atoms with Crippen molar-refractivity contribution < 1.29 is 28.4 Å². The second kappa shape index (κ2) is 16.8. The van der Waals surface area contributed by atoms with Crippen LogP contribution in [0, 0.1) is 0 Å². The number of hydrogen-bond acceptors (Lipinski definition) is 7. The van der Waals surface area contributed by atoms with Gasteiger partial charge >= 0.3 is 0 Å². The van der Waals surface area contributed by atoms with E-state index in [0.717, 1.165) is 33.8 Å². The highest BCUT2D eigenvalue weighted by molar-refractivity contribution is 8.00. The molecule has 0 aliphatic carbocycles. The van der Waals surface area contributed by atoms with Crippen molar-refractivity contribution in [3.8, 4) is 5.75 Å². The lowest BCUT2D eigenvalue weighted by atomic mass is 10.1. The second-order valence-electron chi connectivity index (χ2n) is 10.7. The first-order valence-corrected chi connectivity index (χ1v) is 16.1. The number of benzene rings is 4. The Morgan fingerprint density at radius 2 is 1.16 bits per heavy atom. The van der Waals surface area contributed by atoms with Gasteiger partial charge in [0.05, 0.1) is 46.8 Å². The Balaban J connectivity index is 1.39. The average Bonchev–Trinajstić information content (AvgIpc) is 3.36. The number of thioether (sulfide) groups is 1. The minimum absolute atomic E-state index is 0.341. The van der Waals surface area contributed by atoms with E-state index >= 15 is 0 Å². The van der Waals surface area contributed by atoms with Crippen LogP contribution >= 0.6 is 11.8 Å². The van der Waals surface area contributed by atoms with Gasteiger partial charge in [-0.1, -0.05) is 110 Å². The zero-order valence-electron chi connectivity index (χ0n) is 25.5. The van der Waals surface area contributed by atoms with E-state index in [1.54, 1.807) is 18.9 Å². The fraction of sp³-hybridized carbons (Fsp3) is 0.351. The molecule has 1 saturated heterocycles. The lowest BCUT2D eigenvalue weighted by Gasteiger charge is -2.34. The van der Waals surface area contributed by atoms with Crippen LogP contribution < -0.4 is 4.74 Å². The van der Waals surface area contributed by atoms with Crippen molar-refractivity contribution in [2.75, 3.05) is 26.1 Å². The highest BCUT2D eigenvalue weighted by Gasteiger charge is 2.57. The maximum atomic E-state index is 6.95. The average molecular weight is 615 g/mol. The Bertz CT molecular complexity index is 1360. The van der Waals surface area contributed by atoms with Crippen LogP contribution in [0.15, 0.2) is 115 Å². The van der Waals surface area contributed by atoms with Gasteiger partial charge in [-0.3, -0.25) is 0 Å². The zero-order valence-corrected chi connectivity index (χ0v) is 26.3. The van der Waals surface area contributed by atoms with Gasteiger partial charge in [-0.15, -0.1) is 11.8 Å². The van der Waals surface area contributed by atoms with Crippen molar-refractivity contribution in [2.24, 2.45) is 0 Å². The molecule has 5 rings (SSSR count). The van der Waals surface area contributed by atoms with Gasteiger partial charge in [0.15, 0.2) is 4.93 Å². The summed E-state index contributed by atoms with van der Waals surface area (Å²) in [5.74, 6) is 1.63. The summed E-state index contributed by atoms with van der Waals surface area (Å²) < 4.78 is 38.4. The Hall–Kier alpha value is -3.17. The molecule has 4 atom stereocenters. The molecular weight excluding hydrogens is 572 g/mol. The summed E-state index contributed by atoms with van der Waals surface area (Å²) in [5, 5.41) is 0. The highest BCUT2D eigenvalue weighted by atomic mass is 32.2. The number of hydrogen-bond donors (Lipinski definition) is 0. The molecule has 1 fully saturated rings. The van der Waals surface area contributed by atoms with Crippen LogP contribution in [0.3, 0.4) is 0 Å². The smallest absolute Gasteiger partial charge is 0.166 e. The molecule has 1 aliphatic rings. The first-order chi connectivity index (χ1) is 21.7. The predicted octanol–water partition coefficient (Wildman–Crippen LogP) is 7.45. The van der Waals surface area contributed by atoms with E-state index < -0.39 is 11.0 Å². The topological polar surface area (TPSA) is 55.4 Å². The molecule has 0 spiro atoms.